The number of hydrogen-bond donors (Lipinski definition) is 5. The Bertz CT molecular complexity index is 1300. The summed E-state index contributed by atoms with van der Waals surface area (Å²) in [6.45, 7) is 1.85. The van der Waals surface area contributed by atoms with Crippen LogP contribution in [0.5, 0.6) is 5.75 Å². The lowest BCUT2D eigenvalue weighted by molar-refractivity contribution is -0.153. The summed E-state index contributed by atoms with van der Waals surface area (Å²) >= 11 is 0. The minimum absolute atomic E-state index is 0.0134. The number of nitrogens with zero attached hydrogens (tertiary/aromatic N) is 2. The lowest BCUT2D eigenvalue weighted by Gasteiger charge is -2.50. The van der Waals surface area contributed by atoms with E-state index in [0.717, 1.165) is 6.07 Å². The number of benzene rings is 1. The van der Waals surface area contributed by atoms with Crippen LogP contribution >= 0.6 is 0 Å². The van der Waals surface area contributed by atoms with Crippen LogP contribution in [0.15, 0.2) is 23.0 Å². The van der Waals surface area contributed by atoms with Gasteiger partial charge >= 0.3 is 0 Å². The summed E-state index contributed by atoms with van der Waals surface area (Å²) in [4.78, 5) is 42.0. The van der Waals surface area contributed by atoms with E-state index < -0.39 is 76.3 Å². The molecule has 0 bridgehead atoms. The Labute approximate surface area is 224 Å². The largest absolute Gasteiger partial charge is 0.508 e. The van der Waals surface area contributed by atoms with E-state index in [-0.39, 0.29) is 48.2 Å². The molecule has 0 aromatic heterocycles. The van der Waals surface area contributed by atoms with Gasteiger partial charge in [-0.15, -0.1) is 0 Å². The van der Waals surface area contributed by atoms with Crippen LogP contribution in [0.1, 0.15) is 36.5 Å². The van der Waals surface area contributed by atoms with Gasteiger partial charge in [0.2, 0.25) is 5.78 Å². The summed E-state index contributed by atoms with van der Waals surface area (Å²) in [5, 5.41) is 44.4. The Kier molecular flexibility index (Phi) is 7.58. The maximum absolute atomic E-state index is 15.8. The molecule has 3 aliphatic rings. The van der Waals surface area contributed by atoms with Crippen molar-refractivity contribution >= 4 is 23.2 Å². The van der Waals surface area contributed by atoms with Crippen molar-refractivity contribution in [3.8, 4) is 5.75 Å². The predicted molar refractivity (Wildman–Crippen MR) is 136 cm³/mol. The molecule has 0 heterocycles. The number of likely N-dealkylation sites (N-methyl/N-ethyl adjacent to an activating group) is 1. The number of nitrogens with two attached hydrogens (primary N) is 1. The number of phenols is 1. The van der Waals surface area contributed by atoms with Crippen molar-refractivity contribution in [2.75, 3.05) is 33.9 Å². The van der Waals surface area contributed by atoms with Crippen molar-refractivity contribution in [1.29, 1.82) is 0 Å². The van der Waals surface area contributed by atoms with E-state index in [2.05, 4.69) is 0 Å². The smallest absolute Gasteiger partial charge is 0.255 e. The molecule has 0 radical (unpaired) electrons. The SMILES string of the molecule is CCCN(CCF)Cc1cc(O)c2c(c1F)C[C@H]1C[C@H]3[C@H](N(C)C)C(=O)C(C(N)=O)=C(O)[C@@]3(O)C(=O)C1=C2O. The molecule has 4 rings (SSSR count). The molecule has 1 fully saturated rings. The van der Waals surface area contributed by atoms with Crippen LogP contribution in [-0.2, 0) is 27.3 Å². The van der Waals surface area contributed by atoms with Crippen molar-refractivity contribution in [2.45, 2.75) is 44.4 Å². The fourth-order valence-electron chi connectivity index (χ4n) is 6.41. The van der Waals surface area contributed by atoms with Gasteiger partial charge in [-0.2, -0.15) is 0 Å². The number of halogens is 2. The topological polar surface area (TPSA) is 165 Å². The van der Waals surface area contributed by atoms with Gasteiger partial charge in [0.25, 0.3) is 5.91 Å². The Morgan fingerprint density at radius 2 is 1.87 bits per heavy atom. The number of carbonyl (C=O) groups is 3. The van der Waals surface area contributed by atoms with Gasteiger partial charge in [0.1, 0.15) is 35.3 Å². The van der Waals surface area contributed by atoms with Crippen molar-refractivity contribution in [1.82, 2.24) is 9.80 Å². The molecule has 1 aromatic rings. The quantitative estimate of drug-likeness (QED) is 0.301. The Balaban J connectivity index is 1.87. The van der Waals surface area contributed by atoms with Gasteiger partial charge < -0.3 is 26.2 Å². The average Bonchev–Trinajstić information content (AvgIpc) is 2.84. The van der Waals surface area contributed by atoms with E-state index in [4.69, 9.17) is 5.73 Å². The van der Waals surface area contributed by atoms with Gasteiger partial charge in [-0.05, 0) is 51.9 Å². The number of phenolic OH excluding ortho intramolecular Hbond substituents is 1. The number of aliphatic hydroxyl groups is 3. The number of rotatable bonds is 8. The fraction of sp³-hybridized carbons (Fsp3) is 0.519. The van der Waals surface area contributed by atoms with E-state index in [9.17, 15) is 39.2 Å². The molecule has 1 aromatic carbocycles. The van der Waals surface area contributed by atoms with E-state index in [0.29, 0.717) is 13.0 Å². The first-order chi connectivity index (χ1) is 18.3. The average molecular weight is 550 g/mol. The fourth-order valence-corrected chi connectivity index (χ4v) is 6.41. The van der Waals surface area contributed by atoms with Crippen LogP contribution in [-0.4, -0.2) is 93.2 Å². The summed E-state index contributed by atoms with van der Waals surface area (Å²) in [6.07, 6.45) is 0.406. The maximum atomic E-state index is 15.8. The van der Waals surface area contributed by atoms with Crippen molar-refractivity contribution in [3.05, 3.63) is 45.5 Å². The number of aliphatic hydroxyl groups excluding tert-OH is 2. The second kappa shape index (κ2) is 10.3. The number of ketones is 2. The molecular formula is C27H33F2N3O7. The van der Waals surface area contributed by atoms with Crippen molar-refractivity contribution < 1.29 is 43.6 Å². The van der Waals surface area contributed by atoms with Gasteiger partial charge in [0.05, 0.1) is 11.6 Å². The summed E-state index contributed by atoms with van der Waals surface area (Å²) in [5.74, 6) is -8.66. The molecule has 0 unspecified atom stereocenters. The van der Waals surface area contributed by atoms with Gasteiger partial charge in [-0.1, -0.05) is 6.92 Å². The van der Waals surface area contributed by atoms with Crippen LogP contribution in [0.3, 0.4) is 0 Å². The highest BCUT2D eigenvalue weighted by atomic mass is 19.1. The maximum Gasteiger partial charge on any atom is 0.255 e. The lowest BCUT2D eigenvalue weighted by Crippen LogP contribution is -2.65. The van der Waals surface area contributed by atoms with E-state index in [1.807, 2.05) is 6.92 Å². The number of primary amides is 1. The minimum atomic E-state index is -2.76. The zero-order chi connectivity index (χ0) is 29.0. The summed E-state index contributed by atoms with van der Waals surface area (Å²) < 4.78 is 28.8. The molecule has 1 saturated carbocycles. The molecule has 0 aliphatic heterocycles. The molecular weight excluding hydrogens is 516 g/mol. The normalized spacial score (nSPS) is 26.7. The number of amides is 1. The molecule has 12 heteroatoms. The van der Waals surface area contributed by atoms with Gasteiger partial charge in [-0.25, -0.2) is 8.78 Å². The van der Waals surface area contributed by atoms with Crippen LogP contribution < -0.4 is 5.73 Å². The van der Waals surface area contributed by atoms with Gasteiger partial charge in [0, 0.05) is 35.7 Å². The number of fused-ring (bicyclic) bond motifs is 3. The van der Waals surface area contributed by atoms with E-state index in [1.54, 1.807) is 4.90 Å². The number of aromatic hydroxyl groups is 1. The van der Waals surface area contributed by atoms with Gasteiger partial charge in [-0.3, -0.25) is 24.2 Å². The minimum Gasteiger partial charge on any atom is -0.508 e. The molecule has 3 aliphatic carbocycles. The van der Waals surface area contributed by atoms with Crippen molar-refractivity contribution in [2.24, 2.45) is 17.6 Å². The predicted octanol–water partition coefficient (Wildman–Crippen LogP) is 1.28. The van der Waals surface area contributed by atoms with E-state index >= 15 is 4.39 Å². The third-order valence-corrected chi connectivity index (χ3v) is 8.06. The summed E-state index contributed by atoms with van der Waals surface area (Å²) in [6, 6.07) is -0.115. The summed E-state index contributed by atoms with van der Waals surface area (Å²) in [5.41, 5.74) is 1.01. The third-order valence-electron chi connectivity index (χ3n) is 8.06. The Morgan fingerprint density at radius 3 is 2.44 bits per heavy atom. The summed E-state index contributed by atoms with van der Waals surface area (Å²) in [7, 11) is 2.99. The third kappa shape index (κ3) is 4.30. The Hall–Kier alpha value is -3.35. The number of hydrogen-bond acceptors (Lipinski definition) is 9. The first-order valence-electron chi connectivity index (χ1n) is 12.8. The lowest BCUT2D eigenvalue weighted by atomic mass is 9.57. The molecule has 0 spiro atoms. The van der Waals surface area contributed by atoms with Crippen LogP contribution in [0.25, 0.3) is 5.76 Å². The molecule has 10 nitrogen and oxygen atoms in total. The van der Waals surface area contributed by atoms with Crippen molar-refractivity contribution in [3.63, 3.8) is 0 Å². The van der Waals surface area contributed by atoms with Crippen LogP contribution in [0.4, 0.5) is 8.78 Å². The highest BCUT2D eigenvalue weighted by Crippen LogP contribution is 2.53. The van der Waals surface area contributed by atoms with Gasteiger partial charge in [0.15, 0.2) is 11.4 Å². The second-order valence-electron chi connectivity index (χ2n) is 10.6. The number of carbonyl (C=O) groups excluding carboxylic acids is 3. The van der Waals surface area contributed by atoms with Crippen LogP contribution in [0.2, 0.25) is 0 Å². The highest BCUT2D eigenvalue weighted by Gasteiger charge is 2.64. The first kappa shape index (κ1) is 28.7. The number of Topliss-reactive ketones (excluding diaryl/α,β-unsaturated/α-hetero) is 2. The molecule has 39 heavy (non-hydrogen) atoms. The monoisotopic (exact) mass is 549 g/mol. The van der Waals surface area contributed by atoms with Crippen LogP contribution in [0, 0.1) is 17.7 Å². The highest BCUT2D eigenvalue weighted by molar-refractivity contribution is 6.24. The Morgan fingerprint density at radius 1 is 1.21 bits per heavy atom. The zero-order valence-electron chi connectivity index (χ0n) is 22.0. The zero-order valence-corrected chi connectivity index (χ0v) is 22.0. The number of alkyl halides is 1. The standard InChI is InChI=1S/C27H33F2N3O7/c1-4-6-32(7-5-28)11-13-10-16(33)18-14(20(13)29)8-12-9-15-21(31(2)3)23(35)19(26(30)38)25(37)27(15,39)24(36)17(12)22(18)34/h10,12,15,21,33-34,37,39H,4-9,11H2,1-3H3,(H2,30,38)/t12-,15-,21-,27-/m0/s1. The molecule has 6 N–H and O–H groups in total. The molecule has 1 amide bonds. The second-order valence-corrected chi connectivity index (χ2v) is 10.6. The molecule has 212 valence electrons. The molecule has 0 saturated heterocycles. The molecule has 4 atom stereocenters. The first-order valence-corrected chi connectivity index (χ1v) is 12.8. The van der Waals surface area contributed by atoms with E-state index in [1.165, 1.54) is 19.0 Å².